The molecule has 3 aromatic rings. The summed E-state index contributed by atoms with van der Waals surface area (Å²) in [6.45, 7) is 4.84. The van der Waals surface area contributed by atoms with E-state index in [1.807, 2.05) is 30.3 Å². The van der Waals surface area contributed by atoms with Crippen molar-refractivity contribution in [3.05, 3.63) is 65.0 Å². The van der Waals surface area contributed by atoms with Crippen LogP contribution >= 0.6 is 0 Å². The van der Waals surface area contributed by atoms with Crippen molar-refractivity contribution in [2.75, 3.05) is 0 Å². The summed E-state index contributed by atoms with van der Waals surface area (Å²) in [4.78, 5) is 16.5. The van der Waals surface area contributed by atoms with E-state index < -0.39 is 0 Å². The van der Waals surface area contributed by atoms with E-state index >= 15 is 0 Å². The van der Waals surface area contributed by atoms with Crippen LogP contribution in [0.15, 0.2) is 58.3 Å². The van der Waals surface area contributed by atoms with Gasteiger partial charge in [-0.3, -0.25) is 4.79 Å². The molecule has 126 valence electrons. The lowest BCUT2D eigenvalue weighted by Gasteiger charge is -2.11. The lowest BCUT2D eigenvalue weighted by atomic mass is 10.00. The van der Waals surface area contributed by atoms with Crippen LogP contribution < -0.4 is 5.56 Å². The summed E-state index contributed by atoms with van der Waals surface area (Å²) in [5.74, 6) is 1.18. The van der Waals surface area contributed by atoms with Crippen molar-refractivity contribution in [3.8, 4) is 28.5 Å². The van der Waals surface area contributed by atoms with Crippen LogP contribution in [0, 0.1) is 17.2 Å². The highest BCUT2D eigenvalue weighted by molar-refractivity contribution is 5.72. The molecule has 0 saturated carbocycles. The van der Waals surface area contributed by atoms with Gasteiger partial charge in [0.25, 0.3) is 5.56 Å². The predicted molar refractivity (Wildman–Crippen MR) is 95.8 cm³/mol. The molecule has 5 nitrogen and oxygen atoms in total. The first kappa shape index (κ1) is 16.7. The van der Waals surface area contributed by atoms with Crippen molar-refractivity contribution >= 4 is 0 Å². The van der Waals surface area contributed by atoms with Gasteiger partial charge in [-0.2, -0.15) is 5.26 Å². The fourth-order valence-electron chi connectivity index (χ4n) is 2.67. The summed E-state index contributed by atoms with van der Waals surface area (Å²) in [6, 6.07) is 11.4. The van der Waals surface area contributed by atoms with E-state index in [2.05, 4.69) is 24.9 Å². The van der Waals surface area contributed by atoms with E-state index in [0.29, 0.717) is 23.8 Å². The fraction of sp³-hybridized carbons (Fsp3) is 0.250. The molecule has 0 N–H and O–H groups in total. The predicted octanol–water partition coefficient (Wildman–Crippen LogP) is 4.09. The van der Waals surface area contributed by atoms with Crippen LogP contribution in [0.25, 0.3) is 22.5 Å². The first-order chi connectivity index (χ1) is 12.1. The van der Waals surface area contributed by atoms with Crippen molar-refractivity contribution < 1.29 is 4.42 Å². The molecule has 0 atom stereocenters. The normalized spacial score (nSPS) is 10.8. The minimum Gasteiger partial charge on any atom is -0.444 e. The van der Waals surface area contributed by atoms with Crippen LogP contribution in [0.4, 0.5) is 0 Å². The molecule has 0 fully saturated rings. The molecule has 2 heterocycles. The largest absolute Gasteiger partial charge is 0.444 e. The van der Waals surface area contributed by atoms with E-state index in [-0.39, 0.29) is 11.1 Å². The first-order valence-electron chi connectivity index (χ1n) is 8.23. The second kappa shape index (κ2) is 7.18. The van der Waals surface area contributed by atoms with Crippen LogP contribution in [0.2, 0.25) is 0 Å². The van der Waals surface area contributed by atoms with Crippen LogP contribution in [-0.4, -0.2) is 9.55 Å². The van der Waals surface area contributed by atoms with Gasteiger partial charge < -0.3 is 8.98 Å². The summed E-state index contributed by atoms with van der Waals surface area (Å²) in [5, 5.41) is 9.48. The van der Waals surface area contributed by atoms with E-state index in [1.165, 1.54) is 6.39 Å². The minimum atomic E-state index is -0.236. The number of hydrogen-bond donors (Lipinski definition) is 0. The Labute approximate surface area is 146 Å². The molecular weight excluding hydrogens is 314 g/mol. The Hall–Kier alpha value is -3.13. The van der Waals surface area contributed by atoms with Gasteiger partial charge >= 0.3 is 0 Å². The fourth-order valence-corrected chi connectivity index (χ4v) is 2.67. The Morgan fingerprint density at radius 1 is 1.20 bits per heavy atom. The average Bonchev–Trinajstić information content (AvgIpc) is 3.15. The molecule has 5 heteroatoms. The van der Waals surface area contributed by atoms with Gasteiger partial charge in [-0.05, 0) is 24.0 Å². The van der Waals surface area contributed by atoms with Crippen molar-refractivity contribution in [2.24, 2.45) is 5.92 Å². The SMILES string of the molecule is CC(C)CCn1ccc(-c2ccc(-c3cnco3)cc2)c(C#N)c1=O. The highest BCUT2D eigenvalue weighted by Gasteiger charge is 2.12. The molecule has 0 aliphatic rings. The Kier molecular flexibility index (Phi) is 4.80. The third-order valence-corrected chi connectivity index (χ3v) is 4.14. The number of rotatable bonds is 5. The van der Waals surface area contributed by atoms with Crippen molar-refractivity contribution in [1.29, 1.82) is 5.26 Å². The number of hydrogen-bond acceptors (Lipinski definition) is 4. The quantitative estimate of drug-likeness (QED) is 0.705. The number of nitrogens with zero attached hydrogens (tertiary/aromatic N) is 3. The van der Waals surface area contributed by atoms with Gasteiger partial charge in [0.2, 0.25) is 0 Å². The van der Waals surface area contributed by atoms with Gasteiger partial charge in [-0.25, -0.2) is 4.98 Å². The van der Waals surface area contributed by atoms with E-state index in [1.54, 1.807) is 17.0 Å². The van der Waals surface area contributed by atoms with Gasteiger partial charge in [0, 0.05) is 23.9 Å². The summed E-state index contributed by atoms with van der Waals surface area (Å²) < 4.78 is 6.89. The van der Waals surface area contributed by atoms with Gasteiger partial charge in [-0.1, -0.05) is 38.1 Å². The zero-order chi connectivity index (χ0) is 17.8. The molecule has 0 radical (unpaired) electrons. The monoisotopic (exact) mass is 333 g/mol. The molecule has 3 rings (SSSR count). The van der Waals surface area contributed by atoms with E-state index in [4.69, 9.17) is 4.42 Å². The third kappa shape index (κ3) is 3.53. The molecular formula is C20H19N3O2. The maximum Gasteiger partial charge on any atom is 0.269 e. The Balaban J connectivity index is 1.96. The topological polar surface area (TPSA) is 71.8 Å². The minimum absolute atomic E-state index is 0.179. The summed E-state index contributed by atoms with van der Waals surface area (Å²) in [5.41, 5.74) is 2.31. The highest BCUT2D eigenvalue weighted by Crippen LogP contribution is 2.25. The summed E-state index contributed by atoms with van der Waals surface area (Å²) in [6.07, 6.45) is 5.70. The number of benzene rings is 1. The summed E-state index contributed by atoms with van der Waals surface area (Å²) >= 11 is 0. The highest BCUT2D eigenvalue weighted by atomic mass is 16.3. The number of aryl methyl sites for hydroxylation is 1. The number of oxazole rings is 1. The molecule has 2 aromatic heterocycles. The molecule has 0 unspecified atom stereocenters. The summed E-state index contributed by atoms with van der Waals surface area (Å²) in [7, 11) is 0. The van der Waals surface area contributed by atoms with Crippen LogP contribution in [0.1, 0.15) is 25.8 Å². The lowest BCUT2D eigenvalue weighted by Crippen LogP contribution is -2.23. The molecule has 0 bridgehead atoms. The molecule has 1 aromatic carbocycles. The van der Waals surface area contributed by atoms with E-state index in [0.717, 1.165) is 17.5 Å². The van der Waals surface area contributed by atoms with Gasteiger partial charge in [-0.15, -0.1) is 0 Å². The second-order valence-electron chi connectivity index (χ2n) is 6.34. The molecule has 25 heavy (non-hydrogen) atoms. The lowest BCUT2D eigenvalue weighted by molar-refractivity contribution is 0.507. The zero-order valence-corrected chi connectivity index (χ0v) is 14.3. The van der Waals surface area contributed by atoms with Gasteiger partial charge in [0.1, 0.15) is 11.6 Å². The molecule has 0 aliphatic carbocycles. The second-order valence-corrected chi connectivity index (χ2v) is 6.34. The van der Waals surface area contributed by atoms with Crippen molar-refractivity contribution in [2.45, 2.75) is 26.8 Å². The maximum absolute atomic E-state index is 12.6. The number of aromatic nitrogens is 2. The average molecular weight is 333 g/mol. The first-order valence-corrected chi connectivity index (χ1v) is 8.23. The van der Waals surface area contributed by atoms with E-state index in [9.17, 15) is 10.1 Å². The Morgan fingerprint density at radius 3 is 2.52 bits per heavy atom. The number of nitriles is 1. The van der Waals surface area contributed by atoms with Crippen LogP contribution in [0.3, 0.4) is 0 Å². The van der Waals surface area contributed by atoms with Gasteiger partial charge in [0.05, 0.1) is 6.20 Å². The molecule has 0 aliphatic heterocycles. The van der Waals surface area contributed by atoms with Crippen molar-refractivity contribution in [3.63, 3.8) is 0 Å². The number of pyridine rings is 1. The standard InChI is InChI=1S/C20H19N3O2/c1-14(2)7-9-23-10-8-17(18(11-21)20(23)24)15-3-5-16(6-4-15)19-12-22-13-25-19/h3-6,8,10,12-14H,7,9H2,1-2H3. The maximum atomic E-state index is 12.6. The van der Waals surface area contributed by atoms with Crippen LogP contribution in [0.5, 0.6) is 0 Å². The molecule has 0 amide bonds. The molecule has 0 spiro atoms. The van der Waals surface area contributed by atoms with Crippen molar-refractivity contribution in [1.82, 2.24) is 9.55 Å². The third-order valence-electron chi connectivity index (χ3n) is 4.14. The van der Waals surface area contributed by atoms with Crippen LogP contribution in [-0.2, 0) is 6.54 Å². The smallest absolute Gasteiger partial charge is 0.269 e. The Bertz CT molecular complexity index is 946. The Morgan fingerprint density at radius 2 is 1.92 bits per heavy atom. The zero-order valence-electron chi connectivity index (χ0n) is 14.3. The van der Waals surface area contributed by atoms with Gasteiger partial charge in [0.15, 0.2) is 12.2 Å². The molecule has 0 saturated heterocycles.